The quantitative estimate of drug-likeness (QED) is 0.284. The van der Waals surface area contributed by atoms with Crippen molar-refractivity contribution in [2.75, 3.05) is 0 Å². The first-order valence-electron chi connectivity index (χ1n) is 9.69. The van der Waals surface area contributed by atoms with E-state index in [-0.39, 0.29) is 11.7 Å². The van der Waals surface area contributed by atoms with Crippen molar-refractivity contribution < 1.29 is 9.90 Å². The third kappa shape index (κ3) is 5.13. The summed E-state index contributed by atoms with van der Waals surface area (Å²) in [6.45, 7) is 0. The highest BCUT2D eigenvalue weighted by molar-refractivity contribution is 6.24. The molecule has 31 heavy (non-hydrogen) atoms. The Hall–Kier alpha value is -4.45. The van der Waals surface area contributed by atoms with Gasteiger partial charge in [-0.05, 0) is 53.6 Å². The summed E-state index contributed by atoms with van der Waals surface area (Å²) in [6.07, 6.45) is 6.88. The van der Waals surface area contributed by atoms with Gasteiger partial charge >= 0.3 is 0 Å². The van der Waals surface area contributed by atoms with Crippen molar-refractivity contribution >= 4 is 23.8 Å². The number of benzene rings is 3. The normalized spacial score (nSPS) is 11.5. The standard InChI is InChI=1S/C25H20N4O2/c30-23-13-11-19(12-14-23)16-26-28-25(31)24(21-7-3-1-4-8-21)15-20-17-27-29(18-20)22-9-5-2-6-10-22/h1-18,30H,(H,28,31)/b24-15+,26-16+. The van der Waals surface area contributed by atoms with E-state index in [9.17, 15) is 9.90 Å². The molecule has 0 atom stereocenters. The van der Waals surface area contributed by atoms with Crippen LogP contribution in [0.3, 0.4) is 0 Å². The number of carbonyl (C=O) groups is 1. The molecule has 0 radical (unpaired) electrons. The molecule has 3 aromatic carbocycles. The Kier molecular flexibility index (Phi) is 6.00. The van der Waals surface area contributed by atoms with E-state index < -0.39 is 0 Å². The lowest BCUT2D eigenvalue weighted by molar-refractivity contribution is -0.115. The molecule has 1 aromatic heterocycles. The second-order valence-electron chi connectivity index (χ2n) is 6.77. The fourth-order valence-electron chi connectivity index (χ4n) is 2.98. The maximum Gasteiger partial charge on any atom is 0.271 e. The van der Waals surface area contributed by atoms with Gasteiger partial charge in [0.2, 0.25) is 0 Å². The number of hydrogen-bond donors (Lipinski definition) is 2. The molecule has 6 heteroatoms. The van der Waals surface area contributed by atoms with Gasteiger partial charge in [0.25, 0.3) is 5.91 Å². The van der Waals surface area contributed by atoms with E-state index in [1.54, 1.807) is 41.2 Å². The van der Waals surface area contributed by atoms with E-state index in [0.29, 0.717) is 5.57 Å². The number of amides is 1. The number of carbonyl (C=O) groups excluding carboxylic acids is 1. The van der Waals surface area contributed by atoms with Crippen LogP contribution in [-0.4, -0.2) is 27.0 Å². The number of phenolic OH excluding ortho intramolecular Hbond substituents is 1. The minimum Gasteiger partial charge on any atom is -0.508 e. The lowest BCUT2D eigenvalue weighted by Crippen LogP contribution is -2.19. The summed E-state index contributed by atoms with van der Waals surface area (Å²) in [5.74, 6) is -0.166. The number of hydrazone groups is 1. The Morgan fingerprint density at radius 3 is 2.29 bits per heavy atom. The number of nitrogens with zero attached hydrogens (tertiary/aromatic N) is 3. The van der Waals surface area contributed by atoms with Gasteiger partial charge in [-0.25, -0.2) is 10.1 Å². The highest BCUT2D eigenvalue weighted by Crippen LogP contribution is 2.19. The molecule has 0 spiro atoms. The van der Waals surface area contributed by atoms with E-state index in [2.05, 4.69) is 15.6 Å². The van der Waals surface area contributed by atoms with Crippen LogP contribution in [0, 0.1) is 0 Å². The van der Waals surface area contributed by atoms with Crippen LogP contribution in [0.25, 0.3) is 17.3 Å². The van der Waals surface area contributed by atoms with Crippen molar-refractivity contribution in [1.29, 1.82) is 0 Å². The van der Waals surface area contributed by atoms with Gasteiger partial charge < -0.3 is 5.11 Å². The number of rotatable bonds is 6. The SMILES string of the molecule is O=C(N/N=C/c1ccc(O)cc1)/C(=C/c1cnn(-c2ccccc2)c1)c1ccccc1. The largest absolute Gasteiger partial charge is 0.508 e. The highest BCUT2D eigenvalue weighted by Gasteiger charge is 2.12. The molecule has 4 aromatic rings. The first-order valence-corrected chi connectivity index (χ1v) is 9.69. The number of hydrogen-bond acceptors (Lipinski definition) is 4. The van der Waals surface area contributed by atoms with Crippen LogP contribution < -0.4 is 5.43 Å². The van der Waals surface area contributed by atoms with Gasteiger partial charge in [-0.15, -0.1) is 0 Å². The van der Waals surface area contributed by atoms with Crippen molar-refractivity contribution in [3.8, 4) is 11.4 Å². The molecule has 0 unspecified atom stereocenters. The van der Waals surface area contributed by atoms with E-state index in [1.165, 1.54) is 6.21 Å². The van der Waals surface area contributed by atoms with Crippen molar-refractivity contribution in [3.63, 3.8) is 0 Å². The molecule has 2 N–H and O–H groups in total. The van der Waals surface area contributed by atoms with Crippen LogP contribution in [-0.2, 0) is 4.79 Å². The van der Waals surface area contributed by atoms with E-state index in [4.69, 9.17) is 0 Å². The lowest BCUT2D eigenvalue weighted by Gasteiger charge is -2.06. The molecule has 6 nitrogen and oxygen atoms in total. The molecule has 1 heterocycles. The summed E-state index contributed by atoms with van der Waals surface area (Å²) in [6, 6.07) is 25.7. The van der Waals surface area contributed by atoms with Crippen LogP contribution in [0.15, 0.2) is 102 Å². The fraction of sp³-hybridized carbons (Fsp3) is 0. The minimum atomic E-state index is -0.339. The van der Waals surface area contributed by atoms with Crippen molar-refractivity contribution in [2.45, 2.75) is 0 Å². The summed E-state index contributed by atoms with van der Waals surface area (Å²) in [4.78, 5) is 12.9. The topological polar surface area (TPSA) is 79.5 Å². The number of para-hydroxylation sites is 1. The maximum absolute atomic E-state index is 12.9. The summed E-state index contributed by atoms with van der Waals surface area (Å²) in [5, 5.41) is 17.8. The zero-order valence-corrected chi connectivity index (χ0v) is 16.6. The van der Waals surface area contributed by atoms with Crippen LogP contribution >= 0.6 is 0 Å². The smallest absolute Gasteiger partial charge is 0.271 e. The molecule has 0 aliphatic rings. The molecule has 0 aliphatic carbocycles. The monoisotopic (exact) mass is 408 g/mol. The van der Waals surface area contributed by atoms with Crippen LogP contribution in [0.5, 0.6) is 5.75 Å². The Morgan fingerprint density at radius 2 is 1.58 bits per heavy atom. The van der Waals surface area contributed by atoms with Crippen LogP contribution in [0.1, 0.15) is 16.7 Å². The number of nitrogens with one attached hydrogen (secondary N) is 1. The Balaban J connectivity index is 1.58. The number of aromatic nitrogens is 2. The Labute approximate surface area is 179 Å². The molecule has 0 saturated heterocycles. The minimum absolute atomic E-state index is 0.173. The molecule has 0 fully saturated rings. The second kappa shape index (κ2) is 9.37. The molecular formula is C25H20N4O2. The predicted molar refractivity (Wildman–Crippen MR) is 122 cm³/mol. The van der Waals surface area contributed by atoms with Gasteiger partial charge in [0.1, 0.15) is 5.75 Å². The Bertz CT molecular complexity index is 1210. The predicted octanol–water partition coefficient (Wildman–Crippen LogP) is 4.27. The summed E-state index contributed by atoms with van der Waals surface area (Å²) in [5.41, 5.74) is 6.30. The van der Waals surface area contributed by atoms with Gasteiger partial charge in [-0.1, -0.05) is 48.5 Å². The molecule has 0 aliphatic heterocycles. The van der Waals surface area contributed by atoms with Gasteiger partial charge in [0, 0.05) is 17.3 Å². The number of phenols is 1. The average molecular weight is 408 g/mol. The molecule has 152 valence electrons. The van der Waals surface area contributed by atoms with Gasteiger partial charge in [-0.2, -0.15) is 10.2 Å². The fourth-order valence-corrected chi connectivity index (χ4v) is 2.98. The summed E-state index contributed by atoms with van der Waals surface area (Å²) >= 11 is 0. The van der Waals surface area contributed by atoms with E-state index in [0.717, 1.165) is 22.4 Å². The van der Waals surface area contributed by atoms with Crippen LogP contribution in [0.4, 0.5) is 0 Å². The molecule has 0 saturated carbocycles. The first kappa shape index (κ1) is 19.8. The van der Waals surface area contributed by atoms with E-state index in [1.807, 2.05) is 66.9 Å². The van der Waals surface area contributed by atoms with Crippen molar-refractivity contribution in [3.05, 3.63) is 114 Å². The maximum atomic E-state index is 12.9. The zero-order chi connectivity index (χ0) is 21.5. The molecule has 4 rings (SSSR count). The highest BCUT2D eigenvalue weighted by atomic mass is 16.3. The van der Waals surface area contributed by atoms with Gasteiger partial charge in [0.15, 0.2) is 0 Å². The van der Waals surface area contributed by atoms with Gasteiger partial charge in [-0.3, -0.25) is 4.79 Å². The van der Waals surface area contributed by atoms with Crippen molar-refractivity contribution in [1.82, 2.24) is 15.2 Å². The third-order valence-corrected chi connectivity index (χ3v) is 4.54. The average Bonchev–Trinajstić information content (AvgIpc) is 3.29. The van der Waals surface area contributed by atoms with Crippen LogP contribution in [0.2, 0.25) is 0 Å². The second-order valence-corrected chi connectivity index (χ2v) is 6.77. The zero-order valence-electron chi connectivity index (χ0n) is 16.6. The van der Waals surface area contributed by atoms with Gasteiger partial charge in [0.05, 0.1) is 18.1 Å². The Morgan fingerprint density at radius 1 is 0.903 bits per heavy atom. The molecule has 1 amide bonds. The molecular weight excluding hydrogens is 388 g/mol. The van der Waals surface area contributed by atoms with E-state index >= 15 is 0 Å². The lowest BCUT2D eigenvalue weighted by atomic mass is 10.0. The molecule has 0 bridgehead atoms. The summed E-state index contributed by atoms with van der Waals surface area (Å²) in [7, 11) is 0. The van der Waals surface area contributed by atoms with Crippen molar-refractivity contribution in [2.24, 2.45) is 5.10 Å². The number of aromatic hydroxyl groups is 1. The first-order chi connectivity index (χ1) is 15.2. The third-order valence-electron chi connectivity index (χ3n) is 4.54. The summed E-state index contributed by atoms with van der Waals surface area (Å²) < 4.78 is 1.76.